The van der Waals surface area contributed by atoms with E-state index < -0.39 is 0 Å². The van der Waals surface area contributed by atoms with Gasteiger partial charge < -0.3 is 24.6 Å². The van der Waals surface area contributed by atoms with Crippen molar-refractivity contribution in [1.82, 2.24) is 19.9 Å². The summed E-state index contributed by atoms with van der Waals surface area (Å²) < 4.78 is 12.2. The molecule has 9 nitrogen and oxygen atoms in total. The number of nitrogens with one attached hydrogen (secondary N) is 1. The Balaban J connectivity index is 1.04. The van der Waals surface area contributed by atoms with Gasteiger partial charge in [-0.25, -0.2) is 9.97 Å². The maximum Gasteiger partial charge on any atom is 0.242 e. The molecule has 0 saturated carbocycles. The highest BCUT2D eigenvalue weighted by molar-refractivity contribution is 5.91. The Bertz CT molecular complexity index is 1710. The zero-order chi connectivity index (χ0) is 30.3. The van der Waals surface area contributed by atoms with Crippen LogP contribution in [0, 0.1) is 6.92 Å². The fourth-order valence-corrected chi connectivity index (χ4v) is 5.42. The van der Waals surface area contributed by atoms with Crippen molar-refractivity contribution in [3.63, 3.8) is 0 Å². The fourth-order valence-electron chi connectivity index (χ4n) is 5.42. The van der Waals surface area contributed by atoms with Crippen molar-refractivity contribution in [3.8, 4) is 11.5 Å². The van der Waals surface area contributed by atoms with Crippen LogP contribution in [-0.2, 0) is 11.4 Å². The number of amides is 1. The molecular weight excluding hydrogens is 552 g/mol. The highest BCUT2D eigenvalue weighted by Crippen LogP contribution is 2.29. The van der Waals surface area contributed by atoms with E-state index in [9.17, 15) is 4.79 Å². The summed E-state index contributed by atoms with van der Waals surface area (Å²) in [7, 11) is 1.97. The molecule has 9 heteroatoms. The van der Waals surface area contributed by atoms with E-state index in [0.29, 0.717) is 32.1 Å². The van der Waals surface area contributed by atoms with Crippen LogP contribution in [0.4, 0.5) is 17.2 Å². The molecular formula is C35H36N6O3. The Morgan fingerprint density at radius 2 is 1.70 bits per heavy atom. The van der Waals surface area contributed by atoms with Gasteiger partial charge in [0, 0.05) is 55.9 Å². The molecule has 1 N–H and O–H groups in total. The second-order valence-electron chi connectivity index (χ2n) is 11.0. The number of carbonyl (C=O) groups excluding carboxylic acids is 1. The van der Waals surface area contributed by atoms with Crippen molar-refractivity contribution < 1.29 is 14.3 Å². The Morgan fingerprint density at radius 3 is 2.48 bits per heavy atom. The van der Waals surface area contributed by atoms with Crippen molar-refractivity contribution in [2.75, 3.05) is 36.9 Å². The predicted molar refractivity (Wildman–Crippen MR) is 173 cm³/mol. The Morgan fingerprint density at radius 1 is 0.932 bits per heavy atom. The van der Waals surface area contributed by atoms with E-state index in [-0.39, 0.29) is 12.0 Å². The van der Waals surface area contributed by atoms with Gasteiger partial charge in [0.1, 0.15) is 36.4 Å². The van der Waals surface area contributed by atoms with Crippen LogP contribution < -0.4 is 19.7 Å². The number of nitrogens with zero attached hydrogens (tertiary/aromatic N) is 5. The Kier molecular flexibility index (Phi) is 8.82. The number of aryl methyl sites for hydroxylation is 1. The smallest absolute Gasteiger partial charge is 0.242 e. The number of hydrogen-bond acceptors (Lipinski definition) is 8. The zero-order valence-electron chi connectivity index (χ0n) is 25.0. The summed E-state index contributed by atoms with van der Waals surface area (Å²) in [4.78, 5) is 30.2. The number of para-hydroxylation sites is 1. The van der Waals surface area contributed by atoms with Crippen LogP contribution in [0.5, 0.6) is 11.5 Å². The minimum Gasteiger partial charge on any atom is -0.490 e. The molecule has 0 aliphatic carbocycles. The number of fused-ring (bicyclic) bond motifs is 1. The molecule has 0 unspecified atom stereocenters. The van der Waals surface area contributed by atoms with Crippen molar-refractivity contribution in [2.24, 2.45) is 0 Å². The van der Waals surface area contributed by atoms with E-state index in [1.807, 2.05) is 89.6 Å². The predicted octanol–water partition coefficient (Wildman–Crippen LogP) is 6.16. The van der Waals surface area contributed by atoms with Crippen LogP contribution in [0.15, 0.2) is 97.5 Å². The van der Waals surface area contributed by atoms with Crippen molar-refractivity contribution >= 4 is 34.0 Å². The zero-order valence-corrected chi connectivity index (χ0v) is 25.0. The van der Waals surface area contributed by atoms with E-state index in [1.165, 1.54) is 0 Å². The lowest BCUT2D eigenvalue weighted by atomic mass is 10.1. The van der Waals surface area contributed by atoms with E-state index in [1.54, 1.807) is 12.5 Å². The van der Waals surface area contributed by atoms with E-state index in [2.05, 4.69) is 39.3 Å². The SMILES string of the molecule is Cc1ccccc1N(C)CC(=O)N1CCC(Oc2ccc3ncnc(Nc4ccc(OCc5ccccn5)cc4)c3c2)CC1. The molecule has 2 aromatic heterocycles. The molecule has 1 amide bonds. The monoisotopic (exact) mass is 588 g/mol. The Labute approximate surface area is 257 Å². The standard InChI is InChI=1S/C35H36N6O3/c1-25-7-3-4-9-33(25)40(2)22-34(42)41-19-16-29(17-20-41)44-30-14-15-32-31(21-30)35(38-24-37-32)39-26-10-12-28(13-11-26)43-23-27-8-5-6-18-36-27/h3-15,18,21,24,29H,16-17,19-20,22-23H2,1-2H3,(H,37,38,39). The van der Waals surface area contributed by atoms with Crippen LogP contribution in [0.3, 0.4) is 0 Å². The van der Waals surface area contributed by atoms with Gasteiger partial charge in [-0.05, 0) is 73.2 Å². The highest BCUT2D eigenvalue weighted by atomic mass is 16.5. The maximum atomic E-state index is 13.0. The third-order valence-corrected chi connectivity index (χ3v) is 7.83. The van der Waals surface area contributed by atoms with Gasteiger partial charge in [0.05, 0.1) is 17.8 Å². The summed E-state index contributed by atoms with van der Waals surface area (Å²) in [6.45, 7) is 4.19. The number of aromatic nitrogens is 3. The molecule has 1 aliphatic rings. The van der Waals surface area contributed by atoms with E-state index in [4.69, 9.17) is 9.47 Å². The summed E-state index contributed by atoms with van der Waals surface area (Å²) in [5.74, 6) is 2.36. The van der Waals surface area contributed by atoms with Gasteiger partial charge in [-0.1, -0.05) is 24.3 Å². The van der Waals surface area contributed by atoms with Gasteiger partial charge >= 0.3 is 0 Å². The van der Waals surface area contributed by atoms with Gasteiger partial charge in [-0.3, -0.25) is 9.78 Å². The average Bonchev–Trinajstić information content (AvgIpc) is 3.05. The van der Waals surface area contributed by atoms with Crippen LogP contribution >= 0.6 is 0 Å². The molecule has 0 spiro atoms. The Hall–Kier alpha value is -5.18. The van der Waals surface area contributed by atoms with Gasteiger partial charge in [0.15, 0.2) is 0 Å². The fraction of sp³-hybridized carbons (Fsp3) is 0.257. The van der Waals surface area contributed by atoms with E-state index >= 15 is 0 Å². The first-order valence-electron chi connectivity index (χ1n) is 14.9. The topological polar surface area (TPSA) is 92.7 Å². The lowest BCUT2D eigenvalue weighted by molar-refractivity contribution is -0.131. The molecule has 224 valence electrons. The molecule has 44 heavy (non-hydrogen) atoms. The number of carbonyl (C=O) groups is 1. The molecule has 3 heterocycles. The molecule has 1 fully saturated rings. The van der Waals surface area contributed by atoms with E-state index in [0.717, 1.165) is 57.9 Å². The number of piperidine rings is 1. The first-order valence-corrected chi connectivity index (χ1v) is 14.9. The van der Waals surface area contributed by atoms with Crippen LogP contribution in [0.25, 0.3) is 10.9 Å². The first-order chi connectivity index (χ1) is 21.5. The lowest BCUT2D eigenvalue weighted by Gasteiger charge is -2.33. The summed E-state index contributed by atoms with van der Waals surface area (Å²) in [6, 6.07) is 27.5. The molecule has 3 aromatic carbocycles. The second kappa shape index (κ2) is 13.4. The number of likely N-dealkylation sites (tertiary alicyclic amines) is 1. The second-order valence-corrected chi connectivity index (χ2v) is 11.0. The quantitative estimate of drug-likeness (QED) is 0.207. The van der Waals surface area contributed by atoms with Crippen LogP contribution in [-0.4, -0.2) is 58.5 Å². The number of anilines is 3. The number of rotatable bonds is 10. The largest absolute Gasteiger partial charge is 0.490 e. The highest BCUT2D eigenvalue weighted by Gasteiger charge is 2.25. The van der Waals surface area contributed by atoms with Crippen LogP contribution in [0.2, 0.25) is 0 Å². The summed E-state index contributed by atoms with van der Waals surface area (Å²) in [5.41, 5.74) is 4.82. The van der Waals surface area contributed by atoms with Gasteiger partial charge in [-0.2, -0.15) is 0 Å². The normalized spacial score (nSPS) is 13.5. The van der Waals surface area contributed by atoms with Gasteiger partial charge in [-0.15, -0.1) is 0 Å². The first kappa shape index (κ1) is 28.9. The third-order valence-electron chi connectivity index (χ3n) is 7.83. The minimum absolute atomic E-state index is 0.0327. The van der Waals surface area contributed by atoms with Crippen LogP contribution in [0.1, 0.15) is 24.1 Å². The number of benzene rings is 3. The molecule has 1 saturated heterocycles. The third kappa shape index (κ3) is 7.06. The van der Waals surface area contributed by atoms with Gasteiger partial charge in [0.2, 0.25) is 5.91 Å². The summed E-state index contributed by atoms with van der Waals surface area (Å²) in [6.07, 6.45) is 4.91. The number of hydrogen-bond donors (Lipinski definition) is 1. The minimum atomic E-state index is 0.0327. The van der Waals surface area contributed by atoms with Crippen molar-refractivity contribution in [3.05, 3.63) is 109 Å². The molecule has 5 aromatic rings. The molecule has 0 atom stereocenters. The molecule has 1 aliphatic heterocycles. The number of ether oxygens (including phenoxy) is 2. The molecule has 6 rings (SSSR count). The lowest BCUT2D eigenvalue weighted by Crippen LogP contribution is -2.45. The average molecular weight is 589 g/mol. The molecule has 0 radical (unpaired) electrons. The maximum absolute atomic E-state index is 13.0. The van der Waals surface area contributed by atoms with Gasteiger partial charge in [0.25, 0.3) is 0 Å². The summed E-state index contributed by atoms with van der Waals surface area (Å²) in [5, 5.41) is 4.27. The van der Waals surface area contributed by atoms with Crippen molar-refractivity contribution in [2.45, 2.75) is 32.5 Å². The number of pyridine rings is 1. The number of likely N-dealkylation sites (N-methyl/N-ethyl adjacent to an activating group) is 1. The summed E-state index contributed by atoms with van der Waals surface area (Å²) >= 11 is 0. The van der Waals surface area contributed by atoms with Crippen molar-refractivity contribution in [1.29, 1.82) is 0 Å². The molecule has 0 bridgehead atoms.